The molecule has 0 unspecified atom stereocenters. The van der Waals surface area contributed by atoms with Gasteiger partial charge in [0, 0.05) is 41.8 Å². The first-order valence-electron chi connectivity index (χ1n) is 9.43. The first kappa shape index (κ1) is 21.2. The number of carbonyl (C=O) groups is 2. The van der Waals surface area contributed by atoms with Crippen LogP contribution in [-0.2, 0) is 17.8 Å². The van der Waals surface area contributed by atoms with Gasteiger partial charge in [0.2, 0.25) is 5.91 Å². The second kappa shape index (κ2) is 9.38. The molecule has 31 heavy (non-hydrogen) atoms. The molecule has 3 heterocycles. The minimum Gasteiger partial charge on any atom is -0.495 e. The third kappa shape index (κ3) is 5.16. The smallest absolute Gasteiger partial charge is 0.277 e. The molecule has 160 valence electrons. The van der Waals surface area contributed by atoms with Gasteiger partial charge < -0.3 is 10.1 Å². The van der Waals surface area contributed by atoms with E-state index >= 15 is 0 Å². The minimum atomic E-state index is -0.356. The van der Waals surface area contributed by atoms with Crippen LogP contribution in [0.1, 0.15) is 21.1 Å². The van der Waals surface area contributed by atoms with Gasteiger partial charge in [0.05, 0.1) is 31.2 Å². The second-order valence-electron chi connectivity index (χ2n) is 6.79. The number of thiazole rings is 1. The van der Waals surface area contributed by atoms with E-state index in [1.807, 2.05) is 4.90 Å². The van der Waals surface area contributed by atoms with Crippen LogP contribution in [0.5, 0.6) is 5.75 Å². The Hall–Kier alpha value is -3.08. The zero-order chi connectivity index (χ0) is 21.8. The molecule has 0 radical (unpaired) electrons. The molecular weight excluding hydrogens is 440 g/mol. The molecule has 0 saturated carbocycles. The van der Waals surface area contributed by atoms with Gasteiger partial charge in [0.1, 0.15) is 11.4 Å². The van der Waals surface area contributed by atoms with Crippen molar-refractivity contribution in [2.75, 3.05) is 30.8 Å². The van der Waals surface area contributed by atoms with Crippen LogP contribution < -0.4 is 15.4 Å². The van der Waals surface area contributed by atoms with E-state index in [-0.39, 0.29) is 24.1 Å². The average molecular weight is 459 g/mol. The molecule has 1 aliphatic heterocycles. The monoisotopic (exact) mass is 458 g/mol. The molecule has 1 aliphatic rings. The number of aromatic nitrogens is 3. The van der Waals surface area contributed by atoms with Crippen molar-refractivity contribution in [1.82, 2.24) is 19.9 Å². The van der Waals surface area contributed by atoms with Crippen molar-refractivity contribution < 1.29 is 14.3 Å². The van der Waals surface area contributed by atoms with Crippen LogP contribution in [0.2, 0.25) is 5.02 Å². The second-order valence-corrected chi connectivity index (χ2v) is 8.31. The lowest BCUT2D eigenvalue weighted by molar-refractivity contribution is -0.117. The van der Waals surface area contributed by atoms with Crippen molar-refractivity contribution >= 4 is 45.6 Å². The summed E-state index contributed by atoms with van der Waals surface area (Å²) in [6, 6.07) is 5.06. The first-order chi connectivity index (χ1) is 15.0. The predicted molar refractivity (Wildman–Crippen MR) is 118 cm³/mol. The summed E-state index contributed by atoms with van der Waals surface area (Å²) in [5, 5.41) is 6.64. The van der Waals surface area contributed by atoms with E-state index in [1.54, 1.807) is 18.2 Å². The van der Waals surface area contributed by atoms with Crippen LogP contribution in [0.4, 0.5) is 10.8 Å². The maximum Gasteiger partial charge on any atom is 0.277 e. The number of hydrogen-bond donors (Lipinski definition) is 2. The molecule has 2 aromatic heterocycles. The van der Waals surface area contributed by atoms with Crippen molar-refractivity contribution in [1.29, 1.82) is 0 Å². The maximum absolute atomic E-state index is 12.5. The quantitative estimate of drug-likeness (QED) is 0.584. The molecule has 9 nitrogen and oxygen atoms in total. The number of nitrogens with zero attached hydrogens (tertiary/aromatic N) is 4. The summed E-state index contributed by atoms with van der Waals surface area (Å²) in [5.41, 5.74) is 1.70. The Labute approximate surface area is 187 Å². The van der Waals surface area contributed by atoms with Gasteiger partial charge in [0.25, 0.3) is 5.91 Å². The number of rotatable bonds is 6. The molecule has 0 fully saturated rings. The van der Waals surface area contributed by atoms with Crippen LogP contribution in [0, 0.1) is 0 Å². The van der Waals surface area contributed by atoms with Gasteiger partial charge >= 0.3 is 0 Å². The summed E-state index contributed by atoms with van der Waals surface area (Å²) >= 11 is 7.42. The molecule has 0 spiro atoms. The van der Waals surface area contributed by atoms with E-state index in [2.05, 4.69) is 25.6 Å². The summed E-state index contributed by atoms with van der Waals surface area (Å²) in [4.78, 5) is 40.2. The zero-order valence-corrected chi connectivity index (χ0v) is 18.2. The molecule has 0 aliphatic carbocycles. The third-order valence-electron chi connectivity index (χ3n) is 4.63. The summed E-state index contributed by atoms with van der Waals surface area (Å²) < 4.78 is 5.27. The Balaban J connectivity index is 1.36. The number of benzene rings is 1. The first-order valence-corrected chi connectivity index (χ1v) is 10.6. The number of fused-ring (bicyclic) bond motifs is 1. The highest BCUT2D eigenvalue weighted by molar-refractivity contribution is 7.15. The van der Waals surface area contributed by atoms with Crippen molar-refractivity contribution in [2.24, 2.45) is 0 Å². The van der Waals surface area contributed by atoms with Crippen molar-refractivity contribution in [2.45, 2.75) is 13.0 Å². The fourth-order valence-electron chi connectivity index (χ4n) is 3.19. The number of ether oxygens (including phenoxy) is 1. The number of methoxy groups -OCH3 is 1. The van der Waals surface area contributed by atoms with Crippen LogP contribution in [0.15, 0.2) is 36.8 Å². The van der Waals surface area contributed by atoms with Gasteiger partial charge in [-0.3, -0.25) is 24.8 Å². The molecule has 11 heteroatoms. The Morgan fingerprint density at radius 3 is 2.94 bits per heavy atom. The van der Waals surface area contributed by atoms with Crippen molar-refractivity contribution in [3.05, 3.63) is 58.1 Å². The van der Waals surface area contributed by atoms with E-state index in [9.17, 15) is 9.59 Å². The van der Waals surface area contributed by atoms with E-state index < -0.39 is 0 Å². The SMILES string of the molecule is COc1ccc(Cl)cc1NC(=O)CN1CCc2nc(NC(=O)c3cnccn3)sc2C1. The lowest BCUT2D eigenvalue weighted by Crippen LogP contribution is -2.36. The fourth-order valence-corrected chi connectivity index (χ4v) is 4.40. The predicted octanol–water partition coefficient (Wildman–Crippen LogP) is 2.84. The van der Waals surface area contributed by atoms with Gasteiger partial charge in [-0.25, -0.2) is 9.97 Å². The normalized spacial score (nSPS) is 13.4. The zero-order valence-electron chi connectivity index (χ0n) is 16.6. The number of anilines is 2. The lowest BCUT2D eigenvalue weighted by atomic mass is 10.2. The Kier molecular flexibility index (Phi) is 6.40. The Morgan fingerprint density at radius 2 is 2.16 bits per heavy atom. The van der Waals surface area contributed by atoms with Gasteiger partial charge in [0.15, 0.2) is 5.13 Å². The highest BCUT2D eigenvalue weighted by Gasteiger charge is 2.23. The van der Waals surface area contributed by atoms with E-state index in [1.165, 1.54) is 37.0 Å². The van der Waals surface area contributed by atoms with Crippen LogP contribution >= 0.6 is 22.9 Å². The number of nitrogens with one attached hydrogen (secondary N) is 2. The van der Waals surface area contributed by atoms with E-state index in [0.29, 0.717) is 41.1 Å². The molecule has 4 rings (SSSR count). The molecule has 2 amide bonds. The van der Waals surface area contributed by atoms with Crippen LogP contribution in [0.3, 0.4) is 0 Å². The molecule has 3 aromatic rings. The summed E-state index contributed by atoms with van der Waals surface area (Å²) in [6.45, 7) is 1.48. The Morgan fingerprint density at radius 1 is 1.29 bits per heavy atom. The van der Waals surface area contributed by atoms with Gasteiger partial charge in [-0.15, -0.1) is 11.3 Å². The topological polar surface area (TPSA) is 109 Å². The largest absolute Gasteiger partial charge is 0.495 e. The van der Waals surface area contributed by atoms with Crippen molar-refractivity contribution in [3.8, 4) is 5.75 Å². The van der Waals surface area contributed by atoms with E-state index in [0.717, 1.165) is 10.6 Å². The number of halogens is 1. The molecule has 2 N–H and O–H groups in total. The number of amides is 2. The summed E-state index contributed by atoms with van der Waals surface area (Å²) in [5.74, 6) is 0.0280. The van der Waals surface area contributed by atoms with Crippen molar-refractivity contribution in [3.63, 3.8) is 0 Å². The molecule has 0 saturated heterocycles. The highest BCUT2D eigenvalue weighted by atomic mass is 35.5. The summed E-state index contributed by atoms with van der Waals surface area (Å²) in [7, 11) is 1.54. The molecule has 0 atom stereocenters. The number of carbonyl (C=O) groups excluding carboxylic acids is 2. The standard InChI is InChI=1S/C20H19ClN6O3S/c1-30-16-3-2-12(21)8-14(16)24-18(28)11-27-7-4-13-17(10-27)31-20(25-13)26-19(29)15-9-22-5-6-23-15/h2-3,5-6,8-9H,4,7,10-11H2,1H3,(H,24,28)(H,25,26,29). The maximum atomic E-state index is 12.5. The Bertz CT molecular complexity index is 1110. The van der Waals surface area contributed by atoms with Crippen LogP contribution in [-0.4, -0.2) is 51.9 Å². The highest BCUT2D eigenvalue weighted by Crippen LogP contribution is 2.30. The van der Waals surface area contributed by atoms with Gasteiger partial charge in [-0.1, -0.05) is 11.6 Å². The minimum absolute atomic E-state index is 0.162. The number of hydrogen-bond acceptors (Lipinski definition) is 8. The molecule has 0 bridgehead atoms. The third-order valence-corrected chi connectivity index (χ3v) is 5.86. The lowest BCUT2D eigenvalue weighted by Gasteiger charge is -2.25. The molecular formula is C20H19ClN6O3S. The van der Waals surface area contributed by atoms with Gasteiger partial charge in [-0.05, 0) is 18.2 Å². The van der Waals surface area contributed by atoms with Gasteiger partial charge in [-0.2, -0.15) is 0 Å². The average Bonchev–Trinajstić information content (AvgIpc) is 3.16. The fraction of sp³-hybridized carbons (Fsp3) is 0.250. The van der Waals surface area contributed by atoms with Crippen LogP contribution in [0.25, 0.3) is 0 Å². The van der Waals surface area contributed by atoms with E-state index in [4.69, 9.17) is 16.3 Å². The molecule has 1 aromatic carbocycles. The summed E-state index contributed by atoms with van der Waals surface area (Å²) in [6.07, 6.45) is 5.06.